The third-order valence-corrected chi connectivity index (χ3v) is 5.51. The molecule has 5 rings (SSSR count). The number of aryl methyl sites for hydroxylation is 1. The number of benzene rings is 2. The third kappa shape index (κ3) is 2.84. The number of H-pyrrole nitrogens is 1. The molecule has 1 aliphatic rings. The molecule has 0 bridgehead atoms. The van der Waals surface area contributed by atoms with Crippen LogP contribution in [0.2, 0.25) is 0 Å². The molecule has 4 aromatic rings. The van der Waals surface area contributed by atoms with Gasteiger partial charge in [0.05, 0.1) is 22.8 Å². The first kappa shape index (κ1) is 16.9. The van der Waals surface area contributed by atoms with E-state index in [1.54, 1.807) is 12.1 Å². The van der Waals surface area contributed by atoms with Gasteiger partial charge in [0, 0.05) is 16.6 Å². The second-order valence-corrected chi connectivity index (χ2v) is 7.43. The number of amides is 1. The zero-order chi connectivity index (χ0) is 19.3. The molecule has 28 heavy (non-hydrogen) atoms. The fourth-order valence-electron chi connectivity index (χ4n) is 3.93. The number of anilines is 1. The predicted molar refractivity (Wildman–Crippen MR) is 107 cm³/mol. The number of likely N-dealkylation sites (tertiary alicyclic amines) is 1. The van der Waals surface area contributed by atoms with Gasteiger partial charge in [0.1, 0.15) is 5.82 Å². The summed E-state index contributed by atoms with van der Waals surface area (Å²) in [7, 11) is 2.13. The quantitative estimate of drug-likeness (QED) is 0.564. The molecule has 7 heteroatoms. The van der Waals surface area contributed by atoms with Gasteiger partial charge in [0.15, 0.2) is 5.58 Å². The van der Waals surface area contributed by atoms with E-state index >= 15 is 0 Å². The molecule has 1 aliphatic heterocycles. The van der Waals surface area contributed by atoms with Gasteiger partial charge in [-0.05, 0) is 69.8 Å². The Morgan fingerprint density at radius 3 is 3.00 bits per heavy atom. The van der Waals surface area contributed by atoms with Crippen molar-refractivity contribution >= 4 is 33.6 Å². The molecule has 7 nitrogen and oxygen atoms in total. The minimum absolute atomic E-state index is 0.189. The Morgan fingerprint density at radius 1 is 1.29 bits per heavy atom. The van der Waals surface area contributed by atoms with Crippen molar-refractivity contribution in [3.05, 3.63) is 53.5 Å². The van der Waals surface area contributed by atoms with E-state index in [4.69, 9.17) is 9.51 Å². The number of aromatic amines is 1. The zero-order valence-electron chi connectivity index (χ0n) is 15.8. The van der Waals surface area contributed by atoms with Crippen molar-refractivity contribution in [1.29, 1.82) is 0 Å². The number of nitrogens with zero attached hydrogens (tertiary/aromatic N) is 3. The largest absolute Gasteiger partial charge is 0.356 e. The predicted octanol–water partition coefficient (Wildman–Crippen LogP) is 4.03. The number of hydrogen-bond donors (Lipinski definition) is 2. The molecular weight excluding hydrogens is 354 g/mol. The number of carbonyl (C=O) groups excluding carboxylic acids is 1. The first-order valence-electron chi connectivity index (χ1n) is 9.46. The van der Waals surface area contributed by atoms with Crippen LogP contribution in [0.15, 0.2) is 40.9 Å². The number of imidazole rings is 1. The van der Waals surface area contributed by atoms with Crippen LogP contribution in [0.1, 0.15) is 40.8 Å². The summed E-state index contributed by atoms with van der Waals surface area (Å²) in [6.45, 7) is 2.97. The van der Waals surface area contributed by atoms with E-state index < -0.39 is 0 Å². The van der Waals surface area contributed by atoms with E-state index in [2.05, 4.69) is 27.4 Å². The first-order chi connectivity index (χ1) is 13.6. The van der Waals surface area contributed by atoms with Gasteiger partial charge in [-0.1, -0.05) is 5.16 Å². The molecule has 2 N–H and O–H groups in total. The van der Waals surface area contributed by atoms with Crippen LogP contribution >= 0.6 is 0 Å². The maximum absolute atomic E-state index is 12.7. The van der Waals surface area contributed by atoms with E-state index in [-0.39, 0.29) is 5.91 Å². The number of hydrogen-bond acceptors (Lipinski definition) is 5. The van der Waals surface area contributed by atoms with Gasteiger partial charge in [-0.3, -0.25) is 9.69 Å². The van der Waals surface area contributed by atoms with Gasteiger partial charge in [-0.25, -0.2) is 4.98 Å². The van der Waals surface area contributed by atoms with E-state index in [0.29, 0.717) is 17.2 Å². The molecule has 1 amide bonds. The highest BCUT2D eigenvalue weighted by Crippen LogP contribution is 2.30. The van der Waals surface area contributed by atoms with Crippen LogP contribution in [0.4, 0.5) is 5.69 Å². The van der Waals surface area contributed by atoms with E-state index in [1.807, 2.05) is 31.2 Å². The lowest BCUT2D eigenvalue weighted by Gasteiger charge is -2.16. The maximum Gasteiger partial charge on any atom is 0.255 e. The summed E-state index contributed by atoms with van der Waals surface area (Å²) in [4.78, 5) is 23.1. The average molecular weight is 375 g/mol. The molecule has 2 aromatic carbocycles. The van der Waals surface area contributed by atoms with Gasteiger partial charge in [0.25, 0.3) is 5.91 Å². The second-order valence-electron chi connectivity index (χ2n) is 7.43. The lowest BCUT2D eigenvalue weighted by molar-refractivity contribution is 0.102. The van der Waals surface area contributed by atoms with Crippen molar-refractivity contribution in [2.24, 2.45) is 0 Å². The average Bonchev–Trinajstić information content (AvgIpc) is 3.39. The minimum atomic E-state index is -0.189. The smallest absolute Gasteiger partial charge is 0.255 e. The Kier molecular flexibility index (Phi) is 3.91. The van der Waals surface area contributed by atoms with Crippen LogP contribution in [-0.2, 0) is 0 Å². The molecule has 1 unspecified atom stereocenters. The zero-order valence-corrected chi connectivity index (χ0v) is 15.8. The third-order valence-electron chi connectivity index (χ3n) is 5.51. The Bertz CT molecular complexity index is 1190. The van der Waals surface area contributed by atoms with E-state index in [9.17, 15) is 4.79 Å². The topological polar surface area (TPSA) is 87.1 Å². The molecule has 0 aliphatic carbocycles. The Morgan fingerprint density at radius 2 is 2.18 bits per heavy atom. The maximum atomic E-state index is 12.7. The van der Waals surface area contributed by atoms with Crippen LogP contribution in [0.3, 0.4) is 0 Å². The Balaban J connectivity index is 1.39. The Hall–Kier alpha value is -3.19. The molecule has 0 radical (unpaired) electrons. The van der Waals surface area contributed by atoms with Crippen molar-refractivity contribution < 1.29 is 9.32 Å². The van der Waals surface area contributed by atoms with Gasteiger partial charge < -0.3 is 14.8 Å². The van der Waals surface area contributed by atoms with Crippen LogP contribution in [-0.4, -0.2) is 39.5 Å². The standard InChI is InChI=1S/C21H21N5O2/c1-12-15-7-5-13(10-19(15)28-25-12)21(27)22-14-6-8-16-17(11-14)24-20(23-16)18-4-3-9-26(18)2/h5-8,10-11,18H,3-4,9H2,1-2H3,(H,22,27)(H,23,24). The summed E-state index contributed by atoms with van der Waals surface area (Å²) >= 11 is 0. The number of carbonyl (C=O) groups is 1. The van der Waals surface area contributed by atoms with Gasteiger partial charge >= 0.3 is 0 Å². The minimum Gasteiger partial charge on any atom is -0.356 e. The van der Waals surface area contributed by atoms with Crippen LogP contribution in [0.25, 0.3) is 22.0 Å². The number of aromatic nitrogens is 3. The highest BCUT2D eigenvalue weighted by molar-refractivity contribution is 6.06. The Labute approximate surface area is 161 Å². The lowest BCUT2D eigenvalue weighted by atomic mass is 10.1. The monoisotopic (exact) mass is 375 g/mol. The van der Waals surface area contributed by atoms with Crippen LogP contribution in [0.5, 0.6) is 0 Å². The molecule has 142 valence electrons. The summed E-state index contributed by atoms with van der Waals surface area (Å²) < 4.78 is 5.26. The SMILES string of the molecule is Cc1noc2cc(C(=O)Nc3ccc4nc(C5CCCN5C)[nH]c4c3)ccc12. The summed E-state index contributed by atoms with van der Waals surface area (Å²) in [6, 6.07) is 11.4. The van der Waals surface area contributed by atoms with Crippen LogP contribution < -0.4 is 5.32 Å². The number of rotatable bonds is 3. The molecule has 2 aromatic heterocycles. The van der Waals surface area contributed by atoms with Crippen molar-refractivity contribution in [2.45, 2.75) is 25.8 Å². The van der Waals surface area contributed by atoms with E-state index in [1.165, 1.54) is 6.42 Å². The van der Waals surface area contributed by atoms with Crippen molar-refractivity contribution in [3.63, 3.8) is 0 Å². The summed E-state index contributed by atoms with van der Waals surface area (Å²) in [6.07, 6.45) is 2.30. The summed E-state index contributed by atoms with van der Waals surface area (Å²) in [5.41, 5.74) is 4.51. The lowest BCUT2D eigenvalue weighted by Crippen LogP contribution is -2.18. The molecule has 1 atom stereocenters. The molecule has 3 heterocycles. The van der Waals surface area contributed by atoms with Gasteiger partial charge in [-0.2, -0.15) is 0 Å². The number of fused-ring (bicyclic) bond motifs is 2. The second kappa shape index (κ2) is 6.45. The normalized spacial score (nSPS) is 17.6. The summed E-state index contributed by atoms with van der Waals surface area (Å²) in [5, 5.41) is 7.80. The van der Waals surface area contributed by atoms with Gasteiger partial charge in [0.2, 0.25) is 0 Å². The molecule has 1 saturated heterocycles. The van der Waals surface area contributed by atoms with Crippen molar-refractivity contribution in [1.82, 2.24) is 20.0 Å². The van der Waals surface area contributed by atoms with Gasteiger partial charge in [-0.15, -0.1) is 0 Å². The molecular formula is C21H21N5O2. The molecule has 1 fully saturated rings. The van der Waals surface area contributed by atoms with Crippen LogP contribution in [0, 0.1) is 6.92 Å². The highest BCUT2D eigenvalue weighted by atomic mass is 16.5. The van der Waals surface area contributed by atoms with Crippen molar-refractivity contribution in [3.8, 4) is 0 Å². The highest BCUT2D eigenvalue weighted by Gasteiger charge is 2.25. The fraction of sp³-hybridized carbons (Fsp3) is 0.286. The molecule has 0 spiro atoms. The van der Waals surface area contributed by atoms with E-state index in [0.717, 1.165) is 46.6 Å². The molecule has 0 saturated carbocycles. The number of nitrogens with one attached hydrogen (secondary N) is 2. The van der Waals surface area contributed by atoms with Crippen molar-refractivity contribution in [2.75, 3.05) is 18.9 Å². The fourth-order valence-corrected chi connectivity index (χ4v) is 3.93. The first-order valence-corrected chi connectivity index (χ1v) is 9.46. The summed E-state index contributed by atoms with van der Waals surface area (Å²) in [5.74, 6) is 0.801.